The largest absolute Gasteiger partial charge is 0.443 e. The highest BCUT2D eigenvalue weighted by atomic mass is 79.9. The molecule has 0 radical (unpaired) electrons. The maximum Gasteiger partial charge on any atom is 0.414 e. The maximum absolute atomic E-state index is 13.5. The van der Waals surface area contributed by atoms with Gasteiger partial charge in [-0.25, -0.2) is 9.18 Å². The van der Waals surface area contributed by atoms with Crippen LogP contribution in [0.2, 0.25) is 0 Å². The Morgan fingerprint density at radius 1 is 1.62 bits per heavy atom. The van der Waals surface area contributed by atoms with Crippen molar-refractivity contribution < 1.29 is 13.9 Å². The highest BCUT2D eigenvalue weighted by Gasteiger charge is 2.32. The lowest BCUT2D eigenvalue weighted by Crippen LogP contribution is -2.28. The van der Waals surface area contributed by atoms with E-state index >= 15 is 0 Å². The Balaban J connectivity index is 2.30. The van der Waals surface area contributed by atoms with Gasteiger partial charge in [0.15, 0.2) is 0 Å². The van der Waals surface area contributed by atoms with E-state index in [9.17, 15) is 9.18 Å². The molecular weight excluding hydrogens is 279 g/mol. The van der Waals surface area contributed by atoms with E-state index in [2.05, 4.69) is 15.9 Å². The molecule has 6 heteroatoms. The number of nitrogens with two attached hydrogens (primary N) is 1. The van der Waals surface area contributed by atoms with E-state index in [1.165, 1.54) is 17.0 Å². The van der Waals surface area contributed by atoms with Crippen molar-refractivity contribution in [2.45, 2.75) is 6.10 Å². The molecular formula is C10H10BrFN2O2. The Morgan fingerprint density at radius 3 is 3.00 bits per heavy atom. The maximum atomic E-state index is 13.5. The number of cyclic esters (lactones) is 1. The molecule has 1 fully saturated rings. The number of halogens is 2. The molecule has 1 atom stereocenters. The van der Waals surface area contributed by atoms with Crippen LogP contribution in [0.1, 0.15) is 0 Å². The van der Waals surface area contributed by atoms with Crippen LogP contribution in [0.15, 0.2) is 22.7 Å². The quantitative estimate of drug-likeness (QED) is 0.904. The van der Waals surface area contributed by atoms with Gasteiger partial charge in [-0.3, -0.25) is 4.90 Å². The average Bonchev–Trinajstić information content (AvgIpc) is 2.63. The molecule has 1 unspecified atom stereocenters. The number of nitrogens with zero attached hydrogens (tertiary/aromatic N) is 1. The van der Waals surface area contributed by atoms with Crippen LogP contribution in [-0.4, -0.2) is 25.3 Å². The van der Waals surface area contributed by atoms with Gasteiger partial charge in [0.25, 0.3) is 0 Å². The SMILES string of the molecule is NCC1CN(c2cc(Br)ccc2F)C(=O)O1. The first kappa shape index (κ1) is 11.3. The molecule has 2 N–H and O–H groups in total. The normalized spacial score (nSPS) is 20.1. The molecule has 1 aliphatic rings. The van der Waals surface area contributed by atoms with Gasteiger partial charge >= 0.3 is 6.09 Å². The van der Waals surface area contributed by atoms with Crippen molar-refractivity contribution in [1.29, 1.82) is 0 Å². The first-order valence-electron chi connectivity index (χ1n) is 4.75. The van der Waals surface area contributed by atoms with E-state index in [4.69, 9.17) is 10.5 Å². The minimum absolute atomic E-state index is 0.204. The number of hydrogen-bond acceptors (Lipinski definition) is 3. The van der Waals surface area contributed by atoms with Crippen molar-refractivity contribution in [3.05, 3.63) is 28.5 Å². The zero-order valence-electron chi connectivity index (χ0n) is 8.32. The molecule has 0 aromatic heterocycles. The zero-order chi connectivity index (χ0) is 11.7. The first-order chi connectivity index (χ1) is 7.61. The molecule has 1 aromatic rings. The summed E-state index contributed by atoms with van der Waals surface area (Å²) in [5, 5.41) is 0. The van der Waals surface area contributed by atoms with Crippen molar-refractivity contribution >= 4 is 27.7 Å². The highest BCUT2D eigenvalue weighted by Crippen LogP contribution is 2.27. The summed E-state index contributed by atoms with van der Waals surface area (Å²) in [4.78, 5) is 12.7. The topological polar surface area (TPSA) is 55.6 Å². The van der Waals surface area contributed by atoms with Gasteiger partial charge in [0.2, 0.25) is 0 Å². The van der Waals surface area contributed by atoms with E-state index in [0.717, 1.165) is 0 Å². The molecule has 0 spiro atoms. The Labute approximate surface area is 100 Å². The number of ether oxygens (including phenoxy) is 1. The number of carbonyl (C=O) groups excluding carboxylic acids is 1. The van der Waals surface area contributed by atoms with Crippen LogP contribution in [-0.2, 0) is 4.74 Å². The number of rotatable bonds is 2. The monoisotopic (exact) mass is 288 g/mol. The van der Waals surface area contributed by atoms with E-state index in [1.54, 1.807) is 6.07 Å². The summed E-state index contributed by atoms with van der Waals surface area (Å²) >= 11 is 3.23. The van der Waals surface area contributed by atoms with Gasteiger partial charge in [0, 0.05) is 11.0 Å². The fraction of sp³-hybridized carbons (Fsp3) is 0.300. The van der Waals surface area contributed by atoms with E-state index < -0.39 is 11.9 Å². The van der Waals surface area contributed by atoms with Crippen LogP contribution >= 0.6 is 15.9 Å². The molecule has 1 aromatic carbocycles. The Bertz CT molecular complexity index is 427. The van der Waals surface area contributed by atoms with E-state index in [1.807, 2.05) is 0 Å². The second-order valence-electron chi connectivity index (χ2n) is 3.45. The van der Waals surface area contributed by atoms with Crippen LogP contribution in [0.4, 0.5) is 14.9 Å². The lowest BCUT2D eigenvalue weighted by atomic mass is 10.2. The molecule has 1 heterocycles. The Hall–Kier alpha value is -1.14. The predicted octanol–water partition coefficient (Wildman–Crippen LogP) is 1.87. The Kier molecular flexibility index (Phi) is 3.11. The molecule has 0 bridgehead atoms. The van der Waals surface area contributed by atoms with Crippen LogP contribution in [0.3, 0.4) is 0 Å². The number of anilines is 1. The first-order valence-corrected chi connectivity index (χ1v) is 5.54. The molecule has 2 rings (SSSR count). The minimum Gasteiger partial charge on any atom is -0.443 e. The fourth-order valence-electron chi connectivity index (χ4n) is 1.53. The van der Waals surface area contributed by atoms with Crippen molar-refractivity contribution in [2.75, 3.05) is 18.0 Å². The summed E-state index contributed by atoms with van der Waals surface area (Å²) in [6.07, 6.45) is -0.932. The lowest BCUT2D eigenvalue weighted by Gasteiger charge is -2.13. The summed E-state index contributed by atoms with van der Waals surface area (Å²) in [6, 6.07) is 4.40. The van der Waals surface area contributed by atoms with Crippen molar-refractivity contribution in [1.82, 2.24) is 0 Å². The summed E-state index contributed by atoms with van der Waals surface area (Å²) in [5.41, 5.74) is 5.60. The summed E-state index contributed by atoms with van der Waals surface area (Å²) in [6.45, 7) is 0.514. The number of carbonyl (C=O) groups is 1. The van der Waals surface area contributed by atoms with Gasteiger partial charge in [0.05, 0.1) is 12.2 Å². The molecule has 16 heavy (non-hydrogen) atoms. The van der Waals surface area contributed by atoms with Crippen molar-refractivity contribution in [3.63, 3.8) is 0 Å². The van der Waals surface area contributed by atoms with E-state index in [0.29, 0.717) is 4.47 Å². The van der Waals surface area contributed by atoms with Gasteiger partial charge < -0.3 is 10.5 Å². The van der Waals surface area contributed by atoms with Gasteiger partial charge in [0.1, 0.15) is 11.9 Å². The lowest BCUT2D eigenvalue weighted by molar-refractivity contribution is 0.145. The molecule has 86 valence electrons. The third-order valence-electron chi connectivity index (χ3n) is 2.34. The molecule has 1 aliphatic heterocycles. The second-order valence-corrected chi connectivity index (χ2v) is 4.36. The average molecular weight is 289 g/mol. The van der Waals surface area contributed by atoms with Gasteiger partial charge in [-0.05, 0) is 18.2 Å². The zero-order valence-corrected chi connectivity index (χ0v) is 9.91. The predicted molar refractivity (Wildman–Crippen MR) is 60.8 cm³/mol. The van der Waals surface area contributed by atoms with Crippen LogP contribution in [0, 0.1) is 5.82 Å². The summed E-state index contributed by atoms with van der Waals surface area (Å²) in [7, 11) is 0. The number of benzene rings is 1. The van der Waals surface area contributed by atoms with Crippen molar-refractivity contribution in [3.8, 4) is 0 Å². The van der Waals surface area contributed by atoms with Crippen LogP contribution in [0.5, 0.6) is 0 Å². The smallest absolute Gasteiger partial charge is 0.414 e. The molecule has 1 amide bonds. The highest BCUT2D eigenvalue weighted by molar-refractivity contribution is 9.10. The van der Waals surface area contributed by atoms with Crippen molar-refractivity contribution in [2.24, 2.45) is 5.73 Å². The van der Waals surface area contributed by atoms with Gasteiger partial charge in [-0.1, -0.05) is 15.9 Å². The van der Waals surface area contributed by atoms with Gasteiger partial charge in [-0.2, -0.15) is 0 Å². The third kappa shape index (κ3) is 2.03. The van der Waals surface area contributed by atoms with Crippen LogP contribution in [0.25, 0.3) is 0 Å². The standard InChI is InChI=1S/C10H10BrFN2O2/c11-6-1-2-8(12)9(3-6)14-5-7(4-13)16-10(14)15/h1-3,7H,4-5,13H2. The summed E-state index contributed by atoms with van der Waals surface area (Å²) < 4.78 is 19.2. The minimum atomic E-state index is -0.563. The fourth-order valence-corrected chi connectivity index (χ4v) is 1.88. The molecule has 0 saturated carbocycles. The van der Waals surface area contributed by atoms with Crippen LogP contribution < -0.4 is 10.6 Å². The number of hydrogen-bond donors (Lipinski definition) is 1. The third-order valence-corrected chi connectivity index (χ3v) is 2.83. The van der Waals surface area contributed by atoms with Gasteiger partial charge in [-0.15, -0.1) is 0 Å². The summed E-state index contributed by atoms with van der Waals surface area (Å²) in [5.74, 6) is -0.460. The second kappa shape index (κ2) is 4.39. The molecule has 0 aliphatic carbocycles. The Morgan fingerprint density at radius 2 is 2.38 bits per heavy atom. The molecule has 4 nitrogen and oxygen atoms in total. The molecule has 1 saturated heterocycles. The number of amides is 1. The van der Waals surface area contributed by atoms with E-state index in [-0.39, 0.29) is 24.9 Å².